The highest BCUT2D eigenvalue weighted by atomic mass is 35.5. The number of rotatable bonds is 4. The first-order chi connectivity index (χ1) is 11.5. The lowest BCUT2D eigenvalue weighted by Crippen LogP contribution is -2.18. The molecular weight excluding hydrogens is 403 g/mol. The number of carbonyl (C=O) groups is 1. The number of nitrogens with zero attached hydrogens (tertiary/aromatic N) is 2. The average molecular weight is 417 g/mol. The number of amides is 1. The normalized spacial score (nSPS) is 12.2. The molecule has 0 spiro atoms. The van der Waals surface area contributed by atoms with Crippen LogP contribution in [0.15, 0.2) is 29.3 Å². The summed E-state index contributed by atoms with van der Waals surface area (Å²) in [7, 11) is 0. The summed E-state index contributed by atoms with van der Waals surface area (Å²) in [5.74, 6) is 0.593. The minimum Gasteiger partial charge on any atom is -0.316 e. The van der Waals surface area contributed by atoms with Gasteiger partial charge in [0.2, 0.25) is 0 Å². The van der Waals surface area contributed by atoms with E-state index in [9.17, 15) is 4.79 Å². The highest BCUT2D eigenvalue weighted by Gasteiger charge is 2.15. The number of hydrogen-bond acceptors (Lipinski definition) is 4. The number of thioether (sulfide) groups is 1. The van der Waals surface area contributed by atoms with Crippen molar-refractivity contribution in [3.05, 3.63) is 48.9 Å². The first kappa shape index (κ1) is 18.0. The molecule has 1 aromatic carbocycles. The van der Waals surface area contributed by atoms with E-state index in [2.05, 4.69) is 40.9 Å². The number of aryl methyl sites for hydroxylation is 2. The number of thiazole rings is 1. The minimum absolute atomic E-state index is 0.357. The number of carbonyl (C=O) groups excluding carboxylic acids is 1. The van der Waals surface area contributed by atoms with Crippen LogP contribution in [0.4, 0.5) is 0 Å². The fourth-order valence-electron chi connectivity index (χ4n) is 2.30. The summed E-state index contributed by atoms with van der Waals surface area (Å²) in [6.45, 7) is 2.86. The van der Waals surface area contributed by atoms with Crippen LogP contribution in [0.5, 0.6) is 0 Å². The van der Waals surface area contributed by atoms with Crippen LogP contribution in [0, 0.1) is 6.92 Å². The van der Waals surface area contributed by atoms with Gasteiger partial charge in [0.05, 0.1) is 20.1 Å². The van der Waals surface area contributed by atoms with Crippen molar-refractivity contribution in [2.24, 2.45) is 4.99 Å². The Hall–Kier alpha value is -0.790. The maximum atomic E-state index is 12.5. The summed E-state index contributed by atoms with van der Waals surface area (Å²) in [6, 6.07) is 7.85. The number of halogens is 2. The van der Waals surface area contributed by atoms with Crippen molar-refractivity contribution in [3.63, 3.8) is 0 Å². The minimum atomic E-state index is -0.357. The standard InChI is InChI=1S/C16H14Cl2N2OS3/c1-9-3-4-11-12(7-9)23-16(20(11)5-6-22-2)19-15(21)10-8-13(17)24-14(10)18/h3-4,7-8H,5-6H2,1-2H3. The van der Waals surface area contributed by atoms with Crippen LogP contribution >= 0.6 is 57.6 Å². The van der Waals surface area contributed by atoms with Gasteiger partial charge < -0.3 is 4.57 Å². The van der Waals surface area contributed by atoms with E-state index in [1.165, 1.54) is 28.2 Å². The predicted octanol–water partition coefficient (Wildman–Crippen LogP) is 5.48. The molecule has 3 nitrogen and oxygen atoms in total. The van der Waals surface area contributed by atoms with E-state index in [1.807, 2.05) is 0 Å². The number of aromatic nitrogens is 1. The summed E-state index contributed by atoms with van der Waals surface area (Å²) in [5, 5.41) is 0. The summed E-state index contributed by atoms with van der Waals surface area (Å²) >= 11 is 16.5. The largest absolute Gasteiger partial charge is 0.316 e. The predicted molar refractivity (Wildman–Crippen MR) is 107 cm³/mol. The van der Waals surface area contributed by atoms with Crippen LogP contribution in [-0.2, 0) is 6.54 Å². The van der Waals surface area contributed by atoms with E-state index < -0.39 is 0 Å². The second-order valence-corrected chi connectivity index (χ2v) is 9.44. The molecule has 2 aromatic heterocycles. The molecule has 0 radical (unpaired) electrons. The maximum absolute atomic E-state index is 12.5. The Morgan fingerprint density at radius 2 is 2.08 bits per heavy atom. The lowest BCUT2D eigenvalue weighted by Gasteiger charge is -2.03. The van der Waals surface area contributed by atoms with Crippen molar-refractivity contribution in [1.29, 1.82) is 0 Å². The molecular formula is C16H14Cl2N2OS3. The van der Waals surface area contributed by atoms with Crippen molar-refractivity contribution in [3.8, 4) is 0 Å². The molecule has 0 saturated carbocycles. The number of benzene rings is 1. The van der Waals surface area contributed by atoms with Gasteiger partial charge in [-0.05, 0) is 36.9 Å². The molecule has 0 aliphatic rings. The van der Waals surface area contributed by atoms with Crippen LogP contribution in [0.25, 0.3) is 10.2 Å². The third kappa shape index (κ3) is 3.73. The van der Waals surface area contributed by atoms with Gasteiger partial charge in [-0.15, -0.1) is 11.3 Å². The molecule has 0 saturated heterocycles. The van der Waals surface area contributed by atoms with Crippen molar-refractivity contribution in [2.75, 3.05) is 12.0 Å². The molecule has 0 unspecified atom stereocenters. The molecule has 24 heavy (non-hydrogen) atoms. The third-order valence-corrected chi connectivity index (χ3v) is 6.56. The number of thiophene rings is 1. The van der Waals surface area contributed by atoms with E-state index in [-0.39, 0.29) is 5.91 Å². The van der Waals surface area contributed by atoms with Crippen molar-refractivity contribution >= 4 is 73.8 Å². The number of fused-ring (bicyclic) bond motifs is 1. The lowest BCUT2D eigenvalue weighted by atomic mass is 10.2. The highest BCUT2D eigenvalue weighted by molar-refractivity contribution is 7.98. The van der Waals surface area contributed by atoms with Crippen LogP contribution in [0.1, 0.15) is 15.9 Å². The summed E-state index contributed by atoms with van der Waals surface area (Å²) in [6.07, 6.45) is 2.06. The van der Waals surface area contributed by atoms with Crippen LogP contribution in [-0.4, -0.2) is 22.5 Å². The van der Waals surface area contributed by atoms with Gasteiger partial charge in [0, 0.05) is 12.3 Å². The molecule has 0 fully saturated rings. The van der Waals surface area contributed by atoms with Crippen molar-refractivity contribution < 1.29 is 4.79 Å². The van der Waals surface area contributed by atoms with Crippen LogP contribution < -0.4 is 4.80 Å². The zero-order valence-corrected chi connectivity index (χ0v) is 17.0. The average Bonchev–Trinajstić information content (AvgIpc) is 3.04. The van der Waals surface area contributed by atoms with Gasteiger partial charge >= 0.3 is 0 Å². The molecule has 3 rings (SSSR count). The molecule has 126 valence electrons. The van der Waals surface area contributed by atoms with Gasteiger partial charge in [0.25, 0.3) is 5.91 Å². The quantitative estimate of drug-likeness (QED) is 0.563. The van der Waals surface area contributed by atoms with Gasteiger partial charge in [-0.3, -0.25) is 4.79 Å². The second-order valence-electron chi connectivity index (χ2n) is 5.16. The summed E-state index contributed by atoms with van der Waals surface area (Å²) < 4.78 is 4.08. The zero-order valence-electron chi connectivity index (χ0n) is 13.0. The summed E-state index contributed by atoms with van der Waals surface area (Å²) in [5.41, 5.74) is 2.64. The van der Waals surface area contributed by atoms with Gasteiger partial charge in [-0.25, -0.2) is 0 Å². The summed E-state index contributed by atoms with van der Waals surface area (Å²) in [4.78, 5) is 17.5. The molecule has 0 aliphatic carbocycles. The van der Waals surface area contributed by atoms with E-state index in [1.54, 1.807) is 17.8 Å². The van der Waals surface area contributed by atoms with E-state index in [0.717, 1.165) is 22.5 Å². The molecule has 1 amide bonds. The zero-order chi connectivity index (χ0) is 17.3. The monoisotopic (exact) mass is 416 g/mol. The highest BCUT2D eigenvalue weighted by Crippen LogP contribution is 2.31. The Balaban J connectivity index is 2.13. The van der Waals surface area contributed by atoms with Crippen LogP contribution in [0.2, 0.25) is 8.67 Å². The molecule has 2 heterocycles. The Morgan fingerprint density at radius 3 is 2.75 bits per heavy atom. The van der Waals surface area contributed by atoms with Gasteiger partial charge in [0.15, 0.2) is 4.80 Å². The Morgan fingerprint density at radius 1 is 1.29 bits per heavy atom. The van der Waals surface area contributed by atoms with E-state index in [4.69, 9.17) is 23.2 Å². The molecule has 0 bridgehead atoms. The smallest absolute Gasteiger partial charge is 0.282 e. The van der Waals surface area contributed by atoms with Gasteiger partial charge in [-0.2, -0.15) is 16.8 Å². The number of hydrogen-bond donors (Lipinski definition) is 0. The lowest BCUT2D eigenvalue weighted by molar-refractivity contribution is 0.0998. The van der Waals surface area contributed by atoms with Crippen molar-refractivity contribution in [2.45, 2.75) is 13.5 Å². The maximum Gasteiger partial charge on any atom is 0.282 e. The molecule has 3 aromatic rings. The molecule has 0 N–H and O–H groups in total. The Bertz CT molecular complexity index is 972. The van der Waals surface area contributed by atoms with E-state index >= 15 is 0 Å². The topological polar surface area (TPSA) is 34.4 Å². The molecule has 0 atom stereocenters. The first-order valence-electron chi connectivity index (χ1n) is 7.12. The molecule has 0 aliphatic heterocycles. The molecule has 8 heteroatoms. The van der Waals surface area contributed by atoms with Crippen molar-refractivity contribution in [1.82, 2.24) is 4.57 Å². The SMILES string of the molecule is CSCCn1c(=NC(=O)c2cc(Cl)sc2Cl)sc2cc(C)ccc21. The third-order valence-electron chi connectivity index (χ3n) is 3.44. The fraction of sp³-hybridized carbons (Fsp3) is 0.250. The Labute approximate surface area is 161 Å². The van der Waals surface area contributed by atoms with E-state index in [0.29, 0.717) is 19.0 Å². The first-order valence-corrected chi connectivity index (χ1v) is 10.9. The fourth-order valence-corrected chi connectivity index (χ4v) is 5.26. The van der Waals surface area contributed by atoms with Crippen LogP contribution in [0.3, 0.4) is 0 Å². The van der Waals surface area contributed by atoms with Gasteiger partial charge in [-0.1, -0.05) is 40.6 Å². The Kier molecular flexibility index (Phi) is 5.72. The second kappa shape index (κ2) is 7.62. The van der Waals surface area contributed by atoms with Gasteiger partial charge in [0.1, 0.15) is 4.34 Å².